The Hall–Kier alpha value is -6.52. The number of amides is 4. The molecule has 0 unspecified atom stereocenters. The zero-order valence-electron chi connectivity index (χ0n) is 47.2. The van der Waals surface area contributed by atoms with E-state index in [1.807, 2.05) is 77.3 Å². The highest BCUT2D eigenvalue weighted by Gasteiger charge is 2.41. The summed E-state index contributed by atoms with van der Waals surface area (Å²) in [6, 6.07) is 26.9. The maximum atomic E-state index is 14.2. The van der Waals surface area contributed by atoms with E-state index in [0.717, 1.165) is 166 Å². The van der Waals surface area contributed by atoms with Crippen molar-refractivity contribution in [2.75, 3.05) is 103 Å². The number of ether oxygens (including phenoxy) is 1. The van der Waals surface area contributed by atoms with Crippen molar-refractivity contribution in [1.29, 1.82) is 0 Å². The number of nitrogens with zero attached hydrogens (tertiary/aromatic N) is 12. The molecule has 15 nitrogen and oxygen atoms in total. The van der Waals surface area contributed by atoms with Crippen molar-refractivity contribution >= 4 is 69.6 Å². The van der Waals surface area contributed by atoms with Crippen LogP contribution in [0.3, 0.4) is 0 Å². The Labute approximate surface area is 489 Å². The number of anilines is 6. The molecule has 0 atom stereocenters. The Bertz CT molecular complexity index is 3130. The Morgan fingerprint density at radius 1 is 0.556 bits per heavy atom. The number of piperazine rings is 2. The minimum atomic E-state index is -0.0561. The molecule has 2 aromatic heterocycles. The first-order valence-electron chi connectivity index (χ1n) is 28.9. The molecule has 81 heavy (non-hydrogen) atoms. The van der Waals surface area contributed by atoms with E-state index in [-0.39, 0.29) is 31.6 Å². The maximum absolute atomic E-state index is 14.2. The number of carbonyl (C=O) groups excluding carboxylic acids is 2. The summed E-state index contributed by atoms with van der Waals surface area (Å²) in [4.78, 5) is 65.0. The minimum absolute atomic E-state index is 0. The van der Waals surface area contributed by atoms with Crippen LogP contribution < -0.4 is 34.1 Å². The van der Waals surface area contributed by atoms with Gasteiger partial charge in [0.2, 0.25) is 0 Å². The minimum Gasteiger partial charge on any atom is -0.496 e. The Morgan fingerprint density at radius 2 is 1.00 bits per heavy atom. The van der Waals surface area contributed by atoms with Gasteiger partial charge < -0.3 is 24.3 Å². The highest BCUT2D eigenvalue weighted by Crippen LogP contribution is 2.42. The summed E-state index contributed by atoms with van der Waals surface area (Å²) in [5.74, 6) is 3.78. The van der Waals surface area contributed by atoms with Crippen LogP contribution in [-0.2, 0) is 25.9 Å². The van der Waals surface area contributed by atoms with Crippen LogP contribution in [0.2, 0.25) is 10.0 Å². The van der Waals surface area contributed by atoms with Gasteiger partial charge in [-0.15, -0.1) is 0 Å². The van der Waals surface area contributed by atoms with Gasteiger partial charge in [0.05, 0.1) is 41.6 Å². The van der Waals surface area contributed by atoms with E-state index in [1.54, 1.807) is 12.0 Å². The van der Waals surface area contributed by atoms with E-state index in [0.29, 0.717) is 41.8 Å². The monoisotopic (exact) mass is 1130 g/mol. The maximum Gasteiger partial charge on any atom is 0.330 e. The van der Waals surface area contributed by atoms with Gasteiger partial charge in [-0.1, -0.05) is 112 Å². The van der Waals surface area contributed by atoms with Crippen LogP contribution in [0, 0.1) is 13.8 Å². The average molecular weight is 1140 g/mol. The molecular formula is C64H80Cl2N12O3. The standard InChI is InChI=1S/C32H39ClN6O2.C31H37ClN6O.CH4/c1-22-8-7-11-27(33)30(22)38-21-24-20-34-29(35-31(24)39(32(38)40)25-9-5-4-6-10-25)18-23-12-13-26(19-28(23)41-3)37-16-14-36(2)15-17-37;1-22-7-6-10-27(32)29(22)37-21-24-20-33-28(34-30(24)38(31(37)39)26-8-4-3-5-9-26)19-23-11-13-25(14-12-23)36-17-15-35(2)16-18-36;/h7-8,11-13,19-20,25H,4-6,9-10,14-18,21H2,1-3H3;6-7,10-14,20,26H,3-5,8-9,15-19,21H2,1-2H3;1H4. The van der Waals surface area contributed by atoms with Crippen LogP contribution in [0.25, 0.3) is 0 Å². The number of para-hydroxylation sites is 2. The summed E-state index contributed by atoms with van der Waals surface area (Å²) in [6.07, 6.45) is 15.8. The van der Waals surface area contributed by atoms with E-state index in [9.17, 15) is 9.59 Å². The van der Waals surface area contributed by atoms with Gasteiger partial charge in [0.25, 0.3) is 0 Å². The second-order valence-electron chi connectivity index (χ2n) is 22.7. The van der Waals surface area contributed by atoms with Gasteiger partial charge in [-0.3, -0.25) is 19.6 Å². The van der Waals surface area contributed by atoms with Crippen molar-refractivity contribution in [3.05, 3.63) is 146 Å². The molecule has 0 spiro atoms. The van der Waals surface area contributed by atoms with E-state index < -0.39 is 0 Å². The number of benzene rings is 4. The molecule has 0 radical (unpaired) electrons. The van der Waals surface area contributed by atoms with Crippen molar-refractivity contribution in [3.8, 4) is 5.75 Å². The lowest BCUT2D eigenvalue weighted by Crippen LogP contribution is -2.53. The van der Waals surface area contributed by atoms with Crippen molar-refractivity contribution in [3.63, 3.8) is 0 Å². The molecule has 2 saturated carbocycles. The number of hydrogen-bond donors (Lipinski definition) is 0. The van der Waals surface area contributed by atoms with Crippen LogP contribution in [0.5, 0.6) is 5.75 Å². The quantitative estimate of drug-likeness (QED) is 0.123. The fourth-order valence-electron chi connectivity index (χ4n) is 12.6. The molecule has 6 aliphatic rings. The van der Waals surface area contributed by atoms with Gasteiger partial charge in [-0.25, -0.2) is 29.5 Å². The summed E-state index contributed by atoms with van der Waals surface area (Å²) >= 11 is 13.3. The zero-order valence-corrected chi connectivity index (χ0v) is 48.7. The lowest BCUT2D eigenvalue weighted by Gasteiger charge is -2.42. The van der Waals surface area contributed by atoms with Crippen molar-refractivity contribution in [1.82, 2.24) is 29.7 Å². The molecule has 4 amide bonds. The molecule has 17 heteroatoms. The predicted octanol–water partition coefficient (Wildman–Crippen LogP) is 12.8. The number of fused-ring (bicyclic) bond motifs is 2. The number of likely N-dealkylation sites (N-methyl/N-ethyl adjacent to an activating group) is 2. The number of halogens is 2. The smallest absolute Gasteiger partial charge is 0.330 e. The zero-order chi connectivity index (χ0) is 55.4. The van der Waals surface area contributed by atoms with Crippen LogP contribution in [-0.4, -0.2) is 127 Å². The number of rotatable bonds is 11. The third-order valence-electron chi connectivity index (χ3n) is 17.2. The normalized spacial score (nSPS) is 18.5. The lowest BCUT2D eigenvalue weighted by molar-refractivity contribution is 0.243. The molecule has 2 saturated heterocycles. The third kappa shape index (κ3) is 12.6. The van der Waals surface area contributed by atoms with E-state index in [2.05, 4.69) is 76.2 Å². The first-order chi connectivity index (χ1) is 38.9. The van der Waals surface area contributed by atoms with Crippen molar-refractivity contribution in [2.45, 2.75) is 123 Å². The van der Waals surface area contributed by atoms with Gasteiger partial charge in [-0.2, -0.15) is 0 Å². The molecule has 4 aliphatic heterocycles. The molecule has 2 aliphatic carbocycles. The molecule has 4 fully saturated rings. The molecule has 428 valence electrons. The second kappa shape index (κ2) is 25.7. The number of carbonyl (C=O) groups is 2. The van der Waals surface area contributed by atoms with Gasteiger partial charge in [0.15, 0.2) is 0 Å². The van der Waals surface area contributed by atoms with Gasteiger partial charge in [0, 0.05) is 124 Å². The summed E-state index contributed by atoms with van der Waals surface area (Å²) in [6.45, 7) is 13.2. The average Bonchev–Trinajstić information content (AvgIpc) is 3.49. The number of aryl methyl sites for hydroxylation is 2. The predicted molar refractivity (Wildman–Crippen MR) is 330 cm³/mol. The lowest BCUT2D eigenvalue weighted by atomic mass is 9.93. The number of methoxy groups -OCH3 is 1. The molecule has 6 aromatic rings. The Kier molecular flexibility index (Phi) is 18.3. The Balaban J connectivity index is 0.000000180. The molecule has 12 rings (SSSR count). The summed E-state index contributed by atoms with van der Waals surface area (Å²) in [7, 11) is 6.06. The second-order valence-corrected chi connectivity index (χ2v) is 23.6. The van der Waals surface area contributed by atoms with E-state index in [4.69, 9.17) is 47.9 Å². The summed E-state index contributed by atoms with van der Waals surface area (Å²) in [5.41, 5.74) is 10.1. The van der Waals surface area contributed by atoms with E-state index in [1.165, 1.54) is 29.8 Å². The van der Waals surface area contributed by atoms with Gasteiger partial charge in [-0.05, 0) is 101 Å². The Morgan fingerprint density at radius 3 is 1.46 bits per heavy atom. The highest BCUT2D eigenvalue weighted by molar-refractivity contribution is 6.34. The van der Waals surface area contributed by atoms with Gasteiger partial charge in [0.1, 0.15) is 29.0 Å². The number of urea groups is 2. The fraction of sp³-hybridized carbons (Fsp3) is 0.469. The molecule has 4 aromatic carbocycles. The van der Waals surface area contributed by atoms with Crippen molar-refractivity contribution < 1.29 is 14.3 Å². The number of hydrogen-bond acceptors (Lipinski definition) is 11. The molecule has 0 N–H and O–H groups in total. The fourth-order valence-corrected chi connectivity index (χ4v) is 13.2. The first kappa shape index (κ1) is 57.7. The first-order valence-corrected chi connectivity index (χ1v) is 29.7. The topological polar surface area (TPSA) is 121 Å². The van der Waals surface area contributed by atoms with Crippen LogP contribution in [0.4, 0.5) is 44.0 Å². The van der Waals surface area contributed by atoms with Crippen molar-refractivity contribution in [2.24, 2.45) is 0 Å². The molecular weight excluding hydrogens is 1060 g/mol. The van der Waals surface area contributed by atoms with Crippen LogP contribution in [0.15, 0.2) is 91.3 Å². The molecule has 6 heterocycles. The largest absolute Gasteiger partial charge is 0.496 e. The van der Waals surface area contributed by atoms with E-state index >= 15 is 0 Å². The highest BCUT2D eigenvalue weighted by atomic mass is 35.5. The number of aromatic nitrogens is 4. The van der Waals surface area contributed by atoms with Crippen LogP contribution in [0.1, 0.15) is 117 Å². The summed E-state index contributed by atoms with van der Waals surface area (Å²) in [5, 5.41) is 1.17. The molecule has 0 bridgehead atoms. The SMILES string of the molecule is C.COc1cc(N2CCN(C)CC2)ccc1Cc1ncc2c(n1)N(C1CCCCC1)C(=O)N(c1c(C)cccc1Cl)C2.Cc1cccc(Cl)c1N1Cc2cnc(Cc3ccc(N4CCN(C)CC4)cc3)nc2N(C2CCCCC2)C1=O. The van der Waals surface area contributed by atoms with Crippen LogP contribution >= 0.6 is 23.2 Å². The summed E-state index contributed by atoms with van der Waals surface area (Å²) < 4.78 is 5.83. The van der Waals surface area contributed by atoms with Gasteiger partial charge >= 0.3 is 12.1 Å². The third-order valence-corrected chi connectivity index (χ3v) is 17.8.